The average molecular weight is 550 g/mol. The lowest BCUT2D eigenvalue weighted by atomic mass is 9.96. The highest BCUT2D eigenvalue weighted by molar-refractivity contribution is 6.43. The molecule has 1 N–H and O–H groups in total. The van der Waals surface area contributed by atoms with E-state index in [1.807, 2.05) is 0 Å². The highest BCUT2D eigenvalue weighted by Gasteiger charge is 2.30. The van der Waals surface area contributed by atoms with Crippen LogP contribution in [0.2, 0.25) is 15.1 Å². The maximum atomic E-state index is 14.0. The van der Waals surface area contributed by atoms with E-state index in [0.29, 0.717) is 27.4 Å². The van der Waals surface area contributed by atoms with Crippen LogP contribution in [0.5, 0.6) is 5.75 Å². The summed E-state index contributed by atoms with van der Waals surface area (Å²) in [4.78, 5) is 30.9. The zero-order chi connectivity index (χ0) is 25.8. The Morgan fingerprint density at radius 2 is 1.81 bits per heavy atom. The number of hydrogen-bond donors (Lipinski definition) is 1. The third kappa shape index (κ3) is 5.71. The molecule has 6 nitrogen and oxygen atoms in total. The summed E-state index contributed by atoms with van der Waals surface area (Å²) in [7, 11) is 1.51. The van der Waals surface area contributed by atoms with Gasteiger partial charge in [-0.25, -0.2) is 4.39 Å². The van der Waals surface area contributed by atoms with Gasteiger partial charge in [-0.1, -0.05) is 59.1 Å². The number of hydrogen-bond acceptors (Lipinski definition) is 5. The number of nitrogens with zero attached hydrogens (tertiary/aromatic N) is 1. The molecule has 3 aromatic carbocycles. The third-order valence-electron chi connectivity index (χ3n) is 5.44. The normalized spacial score (nSPS) is 15.1. The molecule has 1 atom stereocenters. The van der Waals surface area contributed by atoms with Crippen LogP contribution < -0.4 is 10.1 Å². The number of Topliss-reactive ketones (excluding diaryl/α,β-unsaturated/α-hetero) is 1. The molecule has 1 amide bonds. The number of rotatable bonds is 7. The fraction of sp³-hybridized carbons (Fsp3) is 0.192. The summed E-state index contributed by atoms with van der Waals surface area (Å²) >= 11 is 19.0. The molecule has 0 radical (unpaired) electrons. The van der Waals surface area contributed by atoms with Gasteiger partial charge in [0.2, 0.25) is 0 Å². The number of nitrogens with one attached hydrogen (secondary N) is 1. The number of ether oxygens (including phenoxy) is 2. The van der Waals surface area contributed by atoms with Gasteiger partial charge in [-0.05, 0) is 35.9 Å². The summed E-state index contributed by atoms with van der Waals surface area (Å²) < 4.78 is 24.5. The summed E-state index contributed by atoms with van der Waals surface area (Å²) in [5, 5.41) is 3.41. The molecule has 3 aromatic rings. The minimum Gasteiger partial charge on any atom is -0.490 e. The number of ketones is 1. The first kappa shape index (κ1) is 26.1. The van der Waals surface area contributed by atoms with Crippen molar-refractivity contribution in [1.29, 1.82) is 0 Å². The van der Waals surface area contributed by atoms with Gasteiger partial charge in [0.1, 0.15) is 18.2 Å². The molecule has 0 bridgehead atoms. The quantitative estimate of drug-likeness (QED) is 0.393. The van der Waals surface area contributed by atoms with Crippen molar-refractivity contribution in [2.75, 3.05) is 20.3 Å². The summed E-state index contributed by atoms with van der Waals surface area (Å²) in [6, 6.07) is 13.8. The van der Waals surface area contributed by atoms with Crippen molar-refractivity contribution in [1.82, 2.24) is 5.32 Å². The van der Waals surface area contributed by atoms with E-state index in [9.17, 15) is 14.0 Å². The van der Waals surface area contributed by atoms with Crippen LogP contribution in [0.25, 0.3) is 0 Å². The van der Waals surface area contributed by atoms with Gasteiger partial charge >= 0.3 is 0 Å². The summed E-state index contributed by atoms with van der Waals surface area (Å²) in [6.07, 6.45) is -1.30. The number of carbonyl (C=O) groups excluding carboxylic acids is 2. The van der Waals surface area contributed by atoms with Gasteiger partial charge in [0.05, 0.1) is 27.9 Å². The van der Waals surface area contributed by atoms with Gasteiger partial charge in [0.25, 0.3) is 5.91 Å². The zero-order valence-corrected chi connectivity index (χ0v) is 21.3. The van der Waals surface area contributed by atoms with Crippen molar-refractivity contribution in [3.05, 3.63) is 97.7 Å². The minimum atomic E-state index is -1.29. The highest BCUT2D eigenvalue weighted by atomic mass is 35.5. The fourth-order valence-electron chi connectivity index (χ4n) is 3.78. The molecule has 1 heterocycles. The Kier molecular flexibility index (Phi) is 8.26. The summed E-state index contributed by atoms with van der Waals surface area (Å²) in [5.41, 5.74) is 1.94. The molecule has 36 heavy (non-hydrogen) atoms. The van der Waals surface area contributed by atoms with Crippen LogP contribution in [0.4, 0.5) is 4.39 Å². The number of benzene rings is 3. The Morgan fingerprint density at radius 1 is 1.08 bits per heavy atom. The van der Waals surface area contributed by atoms with Gasteiger partial charge in [0.15, 0.2) is 11.9 Å². The number of methoxy groups -OCH3 is 1. The second-order valence-corrected chi connectivity index (χ2v) is 9.13. The number of fused-ring (bicyclic) bond motifs is 1. The molecule has 0 aromatic heterocycles. The first-order chi connectivity index (χ1) is 17.3. The molecule has 0 saturated heterocycles. The molecule has 0 saturated carbocycles. The Hall–Kier alpha value is -2.97. The summed E-state index contributed by atoms with van der Waals surface area (Å²) in [6.45, 7) is 0.421. The van der Waals surface area contributed by atoms with Gasteiger partial charge in [-0.15, -0.1) is 0 Å². The number of aliphatic imine (C=N–C) groups is 1. The van der Waals surface area contributed by atoms with Crippen LogP contribution in [0, 0.1) is 5.82 Å². The first-order valence-corrected chi connectivity index (χ1v) is 12.0. The monoisotopic (exact) mass is 548 g/mol. The Bertz CT molecular complexity index is 1340. The van der Waals surface area contributed by atoms with Crippen LogP contribution in [-0.4, -0.2) is 43.9 Å². The average Bonchev–Trinajstić information content (AvgIpc) is 2.96. The van der Waals surface area contributed by atoms with Crippen molar-refractivity contribution >= 4 is 52.2 Å². The molecule has 0 aliphatic carbocycles. The third-order valence-corrected chi connectivity index (χ3v) is 6.26. The smallest absolute Gasteiger partial charge is 0.257 e. The Morgan fingerprint density at radius 3 is 2.53 bits per heavy atom. The lowest BCUT2D eigenvalue weighted by Gasteiger charge is -2.17. The van der Waals surface area contributed by atoms with Gasteiger partial charge in [-0.3, -0.25) is 14.6 Å². The molecule has 0 fully saturated rings. The van der Waals surface area contributed by atoms with Crippen LogP contribution >= 0.6 is 34.8 Å². The van der Waals surface area contributed by atoms with E-state index in [1.165, 1.54) is 31.4 Å². The lowest BCUT2D eigenvalue weighted by molar-refractivity contribution is -0.120. The second-order valence-electron chi connectivity index (χ2n) is 7.88. The van der Waals surface area contributed by atoms with Crippen molar-refractivity contribution in [3.63, 3.8) is 0 Å². The van der Waals surface area contributed by atoms with Gasteiger partial charge in [0, 0.05) is 29.7 Å². The topological polar surface area (TPSA) is 77.0 Å². The van der Waals surface area contributed by atoms with Crippen molar-refractivity contribution in [2.24, 2.45) is 4.99 Å². The van der Waals surface area contributed by atoms with E-state index < -0.39 is 17.9 Å². The molecule has 4 rings (SSSR count). The fourth-order valence-corrected chi connectivity index (χ4v) is 4.78. The van der Waals surface area contributed by atoms with Crippen LogP contribution in [0.1, 0.15) is 27.0 Å². The van der Waals surface area contributed by atoms with E-state index in [0.717, 1.165) is 6.07 Å². The number of halogens is 4. The predicted molar refractivity (Wildman–Crippen MR) is 137 cm³/mol. The van der Waals surface area contributed by atoms with E-state index in [4.69, 9.17) is 44.3 Å². The number of amides is 1. The largest absolute Gasteiger partial charge is 0.490 e. The SMILES string of the molecule is COCCOc1ccc(F)cc1C(=O)N[C@@H]1N=C(c2c(Cl)cc(Cl)cc2Cl)c2ccccc2CC1=O. The van der Waals surface area contributed by atoms with Gasteiger partial charge < -0.3 is 14.8 Å². The molecule has 1 aliphatic heterocycles. The lowest BCUT2D eigenvalue weighted by Crippen LogP contribution is -2.40. The molecule has 10 heteroatoms. The molecular formula is C26H20Cl3FN2O4. The standard InChI is InChI=1S/C26H20Cl3FN2O4/c1-35-8-9-36-22-7-6-16(30)13-18(22)26(34)32-25-21(33)10-14-4-2-3-5-17(14)24(31-25)23-19(28)11-15(27)12-20(23)29/h2-7,11-13,25H,8-10H2,1H3,(H,32,34)/t25-/m0/s1. The van der Waals surface area contributed by atoms with E-state index in [-0.39, 0.29) is 46.8 Å². The Balaban J connectivity index is 1.75. The molecule has 1 aliphatic rings. The first-order valence-electron chi connectivity index (χ1n) is 10.8. The highest BCUT2D eigenvalue weighted by Crippen LogP contribution is 2.33. The van der Waals surface area contributed by atoms with E-state index in [2.05, 4.69) is 10.3 Å². The van der Waals surface area contributed by atoms with Crippen LogP contribution in [-0.2, 0) is 16.0 Å². The molecular weight excluding hydrogens is 530 g/mol. The Labute approximate surface area is 222 Å². The molecule has 0 spiro atoms. The maximum Gasteiger partial charge on any atom is 0.257 e. The van der Waals surface area contributed by atoms with E-state index >= 15 is 0 Å². The van der Waals surface area contributed by atoms with Crippen molar-refractivity contribution in [3.8, 4) is 5.75 Å². The predicted octanol–water partition coefficient (Wildman–Crippen LogP) is 5.53. The molecule has 186 valence electrons. The second kappa shape index (κ2) is 11.4. The van der Waals surface area contributed by atoms with E-state index in [1.54, 1.807) is 24.3 Å². The molecule has 0 unspecified atom stereocenters. The maximum absolute atomic E-state index is 14.0. The van der Waals surface area contributed by atoms with Crippen LogP contribution in [0.15, 0.2) is 59.6 Å². The van der Waals surface area contributed by atoms with Crippen molar-refractivity contribution in [2.45, 2.75) is 12.6 Å². The zero-order valence-electron chi connectivity index (χ0n) is 19.0. The van der Waals surface area contributed by atoms with Crippen molar-refractivity contribution < 1.29 is 23.5 Å². The summed E-state index contributed by atoms with van der Waals surface area (Å²) in [5.74, 6) is -1.60. The number of carbonyl (C=O) groups is 2. The van der Waals surface area contributed by atoms with Crippen LogP contribution in [0.3, 0.4) is 0 Å². The van der Waals surface area contributed by atoms with Gasteiger partial charge in [-0.2, -0.15) is 0 Å². The minimum absolute atomic E-state index is 0.00268.